The molecule has 132 valence electrons. The van der Waals surface area contributed by atoms with E-state index in [4.69, 9.17) is 4.74 Å². The monoisotopic (exact) mass is 334 g/mol. The van der Waals surface area contributed by atoms with Crippen molar-refractivity contribution in [1.29, 1.82) is 0 Å². The summed E-state index contributed by atoms with van der Waals surface area (Å²) in [6.07, 6.45) is 5.89. The number of methoxy groups -OCH3 is 1. The molecule has 1 fully saturated rings. The predicted molar refractivity (Wildman–Crippen MR) is 89.9 cm³/mol. The Morgan fingerprint density at radius 3 is 2.88 bits per heavy atom. The van der Waals surface area contributed by atoms with Gasteiger partial charge in [0.15, 0.2) is 0 Å². The van der Waals surface area contributed by atoms with Crippen molar-refractivity contribution in [2.45, 2.75) is 45.3 Å². The zero-order valence-electron chi connectivity index (χ0n) is 14.4. The lowest BCUT2D eigenvalue weighted by molar-refractivity contribution is 0.176. The molecule has 0 spiro atoms. The first-order valence-corrected chi connectivity index (χ1v) is 8.59. The number of likely N-dealkylation sites (tertiary alicyclic amines) is 1. The van der Waals surface area contributed by atoms with Crippen molar-refractivity contribution in [3.05, 3.63) is 34.5 Å². The third-order valence-electron chi connectivity index (χ3n) is 4.76. The van der Waals surface area contributed by atoms with Crippen LogP contribution < -0.4 is 5.69 Å². The molecule has 24 heavy (non-hydrogen) atoms. The maximum Gasteiger partial charge on any atom is 0.343 e. The summed E-state index contributed by atoms with van der Waals surface area (Å²) in [5.74, 6) is 2.34. The van der Waals surface area contributed by atoms with Crippen molar-refractivity contribution in [3.63, 3.8) is 0 Å². The highest BCUT2D eigenvalue weighted by Crippen LogP contribution is 2.26. The average Bonchev–Trinajstić information content (AvgIpc) is 3.19. The van der Waals surface area contributed by atoms with E-state index in [1.807, 2.05) is 19.3 Å². The molecule has 0 unspecified atom stereocenters. The van der Waals surface area contributed by atoms with E-state index in [0.717, 1.165) is 50.7 Å². The van der Waals surface area contributed by atoms with E-state index in [2.05, 4.69) is 24.6 Å². The van der Waals surface area contributed by atoms with E-state index in [1.54, 1.807) is 11.7 Å². The number of piperidine rings is 1. The summed E-state index contributed by atoms with van der Waals surface area (Å²) < 4.78 is 9.05. The van der Waals surface area contributed by atoms with Crippen LogP contribution in [0.15, 0.2) is 17.2 Å². The van der Waals surface area contributed by atoms with Crippen LogP contribution in [0.1, 0.15) is 37.3 Å². The molecule has 8 nitrogen and oxygen atoms in total. The molecule has 3 heterocycles. The van der Waals surface area contributed by atoms with Crippen LogP contribution in [0, 0.1) is 0 Å². The summed E-state index contributed by atoms with van der Waals surface area (Å²) in [5.41, 5.74) is -0.102. The Bertz CT molecular complexity index is 695. The highest BCUT2D eigenvalue weighted by atomic mass is 16.5. The molecule has 1 saturated heterocycles. The quantitative estimate of drug-likeness (QED) is 0.810. The lowest BCUT2D eigenvalue weighted by Crippen LogP contribution is -2.34. The number of H-pyrrole nitrogens is 1. The number of hydrogen-bond acceptors (Lipinski definition) is 5. The van der Waals surface area contributed by atoms with Gasteiger partial charge < -0.3 is 9.30 Å². The van der Waals surface area contributed by atoms with Crippen LogP contribution in [0.3, 0.4) is 0 Å². The highest BCUT2D eigenvalue weighted by molar-refractivity contribution is 5.00. The number of aromatic amines is 1. The number of aromatic nitrogens is 5. The van der Waals surface area contributed by atoms with Gasteiger partial charge in [0.2, 0.25) is 0 Å². The zero-order chi connectivity index (χ0) is 16.9. The Labute approximate surface area is 141 Å². The number of hydrogen-bond donors (Lipinski definition) is 1. The second kappa shape index (κ2) is 7.76. The molecular formula is C16H26N6O2. The van der Waals surface area contributed by atoms with Gasteiger partial charge in [-0.1, -0.05) is 0 Å². The molecule has 3 rings (SSSR count). The summed E-state index contributed by atoms with van der Waals surface area (Å²) in [4.78, 5) is 18.6. The van der Waals surface area contributed by atoms with Gasteiger partial charge in [-0.15, -0.1) is 0 Å². The molecule has 1 N–H and O–H groups in total. The number of rotatable bonds is 7. The Morgan fingerprint density at radius 2 is 2.17 bits per heavy atom. The fourth-order valence-electron chi connectivity index (χ4n) is 3.38. The lowest BCUT2D eigenvalue weighted by Gasteiger charge is -2.31. The summed E-state index contributed by atoms with van der Waals surface area (Å²) in [5, 5.41) is 6.81. The highest BCUT2D eigenvalue weighted by Gasteiger charge is 2.25. The Kier molecular flexibility index (Phi) is 5.47. The molecule has 1 aliphatic rings. The van der Waals surface area contributed by atoms with Gasteiger partial charge in [-0.05, 0) is 32.9 Å². The van der Waals surface area contributed by atoms with Gasteiger partial charge in [-0.25, -0.2) is 14.9 Å². The Morgan fingerprint density at radius 1 is 1.38 bits per heavy atom. The fourth-order valence-corrected chi connectivity index (χ4v) is 3.38. The van der Waals surface area contributed by atoms with Gasteiger partial charge in [-0.3, -0.25) is 9.47 Å². The summed E-state index contributed by atoms with van der Waals surface area (Å²) >= 11 is 0. The largest absolute Gasteiger partial charge is 0.383 e. The molecule has 2 aromatic rings. The first kappa shape index (κ1) is 16.9. The van der Waals surface area contributed by atoms with E-state index >= 15 is 0 Å². The van der Waals surface area contributed by atoms with E-state index in [0.29, 0.717) is 19.1 Å². The van der Waals surface area contributed by atoms with Crippen LogP contribution >= 0.6 is 0 Å². The van der Waals surface area contributed by atoms with Crippen molar-refractivity contribution in [1.82, 2.24) is 29.2 Å². The molecule has 2 aromatic heterocycles. The molecule has 0 amide bonds. The van der Waals surface area contributed by atoms with Gasteiger partial charge in [0.25, 0.3) is 0 Å². The van der Waals surface area contributed by atoms with Crippen LogP contribution in [-0.2, 0) is 24.4 Å². The first-order chi connectivity index (χ1) is 11.7. The smallest absolute Gasteiger partial charge is 0.343 e. The van der Waals surface area contributed by atoms with E-state index in [-0.39, 0.29) is 5.69 Å². The van der Waals surface area contributed by atoms with Crippen molar-refractivity contribution >= 4 is 0 Å². The number of imidazole rings is 1. The van der Waals surface area contributed by atoms with Crippen LogP contribution in [0.4, 0.5) is 0 Å². The third-order valence-corrected chi connectivity index (χ3v) is 4.76. The second-order valence-corrected chi connectivity index (χ2v) is 6.21. The van der Waals surface area contributed by atoms with Crippen LogP contribution in [0.2, 0.25) is 0 Å². The van der Waals surface area contributed by atoms with Crippen LogP contribution in [0.5, 0.6) is 0 Å². The normalized spacial score (nSPS) is 16.8. The molecule has 1 aliphatic heterocycles. The first-order valence-electron chi connectivity index (χ1n) is 8.59. The molecule has 8 heteroatoms. The number of nitrogens with zero attached hydrogens (tertiary/aromatic N) is 5. The molecule has 0 atom stereocenters. The molecular weight excluding hydrogens is 308 g/mol. The van der Waals surface area contributed by atoms with Gasteiger partial charge >= 0.3 is 5.69 Å². The summed E-state index contributed by atoms with van der Waals surface area (Å²) in [6.45, 7) is 7.01. The maximum atomic E-state index is 11.7. The Balaban J connectivity index is 1.57. The molecule has 0 aromatic carbocycles. The molecule has 0 saturated carbocycles. The minimum atomic E-state index is -0.102. The predicted octanol–water partition coefficient (Wildman–Crippen LogP) is 0.814. The van der Waals surface area contributed by atoms with E-state index in [9.17, 15) is 4.79 Å². The maximum absolute atomic E-state index is 11.7. The van der Waals surface area contributed by atoms with Crippen LogP contribution in [-0.4, -0.2) is 56.0 Å². The standard InChI is InChI=1S/C16H26N6O2/c1-3-22-15(18-19-16(22)23)13-4-7-20(8-5-13)12-14-17-6-9-21(14)10-11-24-2/h6,9,13H,3-5,7-8,10-12H2,1-2H3,(H,19,23). The Hall–Kier alpha value is -1.93. The molecule has 0 radical (unpaired) electrons. The average molecular weight is 334 g/mol. The van der Waals surface area contributed by atoms with E-state index in [1.165, 1.54) is 0 Å². The van der Waals surface area contributed by atoms with Crippen molar-refractivity contribution in [2.75, 3.05) is 26.8 Å². The topological polar surface area (TPSA) is 81.0 Å². The van der Waals surface area contributed by atoms with Gasteiger partial charge in [0.05, 0.1) is 13.2 Å². The SMILES string of the molecule is CCn1c(C2CCN(Cc3nccn3CCOC)CC2)n[nH]c1=O. The fraction of sp³-hybridized carbons (Fsp3) is 0.688. The number of nitrogens with one attached hydrogen (secondary N) is 1. The van der Waals surface area contributed by atoms with E-state index < -0.39 is 0 Å². The lowest BCUT2D eigenvalue weighted by atomic mass is 9.96. The second-order valence-electron chi connectivity index (χ2n) is 6.21. The number of ether oxygens (including phenoxy) is 1. The van der Waals surface area contributed by atoms with Crippen molar-refractivity contribution in [2.24, 2.45) is 0 Å². The minimum Gasteiger partial charge on any atom is -0.383 e. The molecule has 0 bridgehead atoms. The minimum absolute atomic E-state index is 0.102. The zero-order valence-corrected chi connectivity index (χ0v) is 14.4. The van der Waals surface area contributed by atoms with Gasteiger partial charge in [0, 0.05) is 38.5 Å². The van der Waals surface area contributed by atoms with Gasteiger partial charge in [-0.2, -0.15) is 5.10 Å². The van der Waals surface area contributed by atoms with Crippen LogP contribution in [0.25, 0.3) is 0 Å². The van der Waals surface area contributed by atoms with Crippen molar-refractivity contribution in [3.8, 4) is 0 Å². The summed E-state index contributed by atoms with van der Waals surface area (Å²) in [7, 11) is 1.71. The third kappa shape index (κ3) is 3.59. The van der Waals surface area contributed by atoms with Gasteiger partial charge in [0.1, 0.15) is 11.6 Å². The summed E-state index contributed by atoms with van der Waals surface area (Å²) in [6, 6.07) is 0. The molecule has 0 aliphatic carbocycles. The van der Waals surface area contributed by atoms with Crippen molar-refractivity contribution < 1.29 is 4.74 Å².